The molecule has 0 saturated heterocycles. The van der Waals surface area contributed by atoms with Crippen LogP contribution in [-0.4, -0.2) is 42.6 Å². The standard InChI is InChI=1S/C14H23F5O2S/c1-3-4-5-7-10(13(20)21-2)22-9-6-8-14(18,19)11(15)12(16)17/h10-12H,3-9H2,1-2H3. The smallest absolute Gasteiger partial charge is 0.318 e. The number of carbonyl (C=O) groups is 1. The summed E-state index contributed by atoms with van der Waals surface area (Å²) in [6, 6.07) is 0. The predicted molar refractivity (Wildman–Crippen MR) is 77.5 cm³/mol. The van der Waals surface area contributed by atoms with Crippen LogP contribution < -0.4 is 0 Å². The normalized spacial score (nSPS) is 14.9. The molecule has 0 saturated carbocycles. The van der Waals surface area contributed by atoms with E-state index in [4.69, 9.17) is 0 Å². The van der Waals surface area contributed by atoms with Gasteiger partial charge >= 0.3 is 5.97 Å². The lowest BCUT2D eigenvalue weighted by atomic mass is 10.1. The maximum atomic E-state index is 13.1. The van der Waals surface area contributed by atoms with Gasteiger partial charge in [0.2, 0.25) is 6.17 Å². The van der Waals surface area contributed by atoms with E-state index >= 15 is 0 Å². The van der Waals surface area contributed by atoms with Gasteiger partial charge in [0.15, 0.2) is 0 Å². The first-order valence-electron chi connectivity index (χ1n) is 7.25. The fourth-order valence-electron chi connectivity index (χ4n) is 1.84. The molecule has 0 bridgehead atoms. The summed E-state index contributed by atoms with van der Waals surface area (Å²) in [6.45, 7) is 2.01. The molecule has 0 aliphatic rings. The average molecular weight is 350 g/mol. The summed E-state index contributed by atoms with van der Waals surface area (Å²) in [6.07, 6.45) is -4.93. The molecule has 0 aromatic carbocycles. The molecule has 0 N–H and O–H groups in total. The van der Waals surface area contributed by atoms with Crippen LogP contribution in [0.25, 0.3) is 0 Å². The van der Waals surface area contributed by atoms with Crippen LogP contribution in [0.5, 0.6) is 0 Å². The molecule has 0 aliphatic carbocycles. The van der Waals surface area contributed by atoms with Crippen LogP contribution >= 0.6 is 11.8 Å². The highest BCUT2D eigenvalue weighted by Crippen LogP contribution is 2.32. The molecule has 0 spiro atoms. The zero-order valence-corrected chi connectivity index (χ0v) is 13.6. The van der Waals surface area contributed by atoms with Crippen molar-refractivity contribution in [3.05, 3.63) is 0 Å². The molecule has 2 nitrogen and oxygen atoms in total. The highest BCUT2D eigenvalue weighted by Gasteiger charge is 2.45. The Morgan fingerprint density at radius 3 is 2.32 bits per heavy atom. The van der Waals surface area contributed by atoms with E-state index in [1.807, 2.05) is 6.92 Å². The van der Waals surface area contributed by atoms with Crippen molar-refractivity contribution in [1.82, 2.24) is 0 Å². The van der Waals surface area contributed by atoms with E-state index in [-0.39, 0.29) is 12.2 Å². The van der Waals surface area contributed by atoms with Crippen molar-refractivity contribution >= 4 is 17.7 Å². The number of esters is 1. The number of halogens is 5. The Hall–Kier alpha value is -0.530. The van der Waals surface area contributed by atoms with E-state index in [2.05, 4.69) is 4.74 Å². The molecule has 0 fully saturated rings. The fourth-order valence-corrected chi connectivity index (χ4v) is 3.00. The molecule has 0 rings (SSSR count). The monoisotopic (exact) mass is 350 g/mol. The highest BCUT2D eigenvalue weighted by molar-refractivity contribution is 8.00. The Morgan fingerprint density at radius 1 is 1.18 bits per heavy atom. The molecule has 8 heteroatoms. The molecule has 2 unspecified atom stereocenters. The Bertz CT molecular complexity index is 316. The third-order valence-electron chi connectivity index (χ3n) is 3.13. The Kier molecular flexibility index (Phi) is 10.8. The van der Waals surface area contributed by atoms with Gasteiger partial charge in [0.1, 0.15) is 5.25 Å². The van der Waals surface area contributed by atoms with Crippen LogP contribution in [0.1, 0.15) is 45.4 Å². The molecule has 0 aliphatic heterocycles. The number of alkyl halides is 5. The summed E-state index contributed by atoms with van der Waals surface area (Å²) in [5, 5.41) is -0.457. The topological polar surface area (TPSA) is 26.3 Å². The lowest BCUT2D eigenvalue weighted by Gasteiger charge is -2.20. The second kappa shape index (κ2) is 11.1. The number of methoxy groups -OCH3 is 1. The van der Waals surface area contributed by atoms with Crippen LogP contribution in [0.4, 0.5) is 22.0 Å². The molecular weight excluding hydrogens is 327 g/mol. The van der Waals surface area contributed by atoms with E-state index in [1.165, 1.54) is 7.11 Å². The number of hydrogen-bond acceptors (Lipinski definition) is 3. The van der Waals surface area contributed by atoms with Gasteiger partial charge in [0.05, 0.1) is 7.11 Å². The van der Waals surface area contributed by atoms with Crippen molar-refractivity contribution in [2.24, 2.45) is 0 Å². The van der Waals surface area contributed by atoms with Crippen molar-refractivity contribution in [2.75, 3.05) is 12.9 Å². The quantitative estimate of drug-likeness (QED) is 0.286. The summed E-state index contributed by atoms with van der Waals surface area (Å²) >= 11 is 1.15. The number of unbranched alkanes of at least 4 members (excludes halogenated alkanes) is 2. The third-order valence-corrected chi connectivity index (χ3v) is 4.49. The summed E-state index contributed by atoms with van der Waals surface area (Å²) in [5.41, 5.74) is 0. The summed E-state index contributed by atoms with van der Waals surface area (Å²) in [5.74, 6) is -4.31. The maximum Gasteiger partial charge on any atom is 0.318 e. The average Bonchev–Trinajstić information content (AvgIpc) is 2.47. The van der Waals surface area contributed by atoms with Crippen LogP contribution in [0.3, 0.4) is 0 Å². The van der Waals surface area contributed by atoms with Crippen molar-refractivity contribution in [1.29, 1.82) is 0 Å². The van der Waals surface area contributed by atoms with E-state index in [9.17, 15) is 26.7 Å². The van der Waals surface area contributed by atoms with Gasteiger partial charge in [0, 0.05) is 6.42 Å². The maximum absolute atomic E-state index is 13.1. The molecule has 0 amide bonds. The van der Waals surface area contributed by atoms with Gasteiger partial charge in [-0.1, -0.05) is 26.2 Å². The minimum absolute atomic E-state index is 0.147. The van der Waals surface area contributed by atoms with Crippen molar-refractivity contribution in [3.8, 4) is 0 Å². The minimum atomic E-state index is -4.04. The van der Waals surface area contributed by atoms with E-state index in [1.54, 1.807) is 0 Å². The van der Waals surface area contributed by atoms with Gasteiger partial charge in [-0.05, 0) is 18.6 Å². The van der Waals surface area contributed by atoms with Gasteiger partial charge in [-0.15, -0.1) is 11.8 Å². The first-order valence-corrected chi connectivity index (χ1v) is 8.30. The van der Waals surface area contributed by atoms with Crippen molar-refractivity contribution < 1.29 is 31.5 Å². The summed E-state index contributed by atoms with van der Waals surface area (Å²) in [7, 11) is 1.25. The molecular formula is C14H23F5O2S. The lowest BCUT2D eigenvalue weighted by molar-refractivity contribution is -0.140. The molecule has 0 aromatic heterocycles. The van der Waals surface area contributed by atoms with E-state index in [0.717, 1.165) is 31.0 Å². The largest absolute Gasteiger partial charge is 0.468 e. The lowest BCUT2D eigenvalue weighted by Crippen LogP contribution is -2.35. The Balaban J connectivity index is 4.19. The fraction of sp³-hybridized carbons (Fsp3) is 0.929. The number of thioether (sulfide) groups is 1. The molecule has 22 heavy (non-hydrogen) atoms. The Morgan fingerprint density at radius 2 is 1.82 bits per heavy atom. The Labute approximate surface area is 132 Å². The van der Waals surface area contributed by atoms with Crippen LogP contribution in [0, 0.1) is 0 Å². The van der Waals surface area contributed by atoms with Crippen LogP contribution in [0.15, 0.2) is 0 Å². The van der Waals surface area contributed by atoms with Gasteiger partial charge in [-0.2, -0.15) is 0 Å². The molecule has 132 valence electrons. The number of rotatable bonds is 12. The molecule has 0 aromatic rings. The first-order chi connectivity index (χ1) is 10.3. The molecule has 0 radical (unpaired) electrons. The number of carbonyl (C=O) groups excluding carboxylic acids is 1. The van der Waals surface area contributed by atoms with E-state index in [0.29, 0.717) is 6.42 Å². The minimum Gasteiger partial charge on any atom is -0.468 e. The van der Waals surface area contributed by atoms with Gasteiger partial charge in [-0.3, -0.25) is 4.79 Å². The second-order valence-electron chi connectivity index (χ2n) is 4.98. The summed E-state index contributed by atoms with van der Waals surface area (Å²) in [4.78, 5) is 11.5. The van der Waals surface area contributed by atoms with Gasteiger partial charge < -0.3 is 4.74 Å². The van der Waals surface area contributed by atoms with Crippen molar-refractivity contribution in [3.63, 3.8) is 0 Å². The SMILES string of the molecule is CCCCCC(SCCCC(F)(F)C(F)C(F)F)C(=O)OC. The third kappa shape index (κ3) is 8.19. The van der Waals surface area contributed by atoms with Crippen LogP contribution in [-0.2, 0) is 9.53 Å². The van der Waals surface area contributed by atoms with Crippen molar-refractivity contribution in [2.45, 2.75) is 69.2 Å². The highest BCUT2D eigenvalue weighted by atomic mass is 32.2. The molecule has 0 heterocycles. The van der Waals surface area contributed by atoms with Crippen LogP contribution in [0.2, 0.25) is 0 Å². The van der Waals surface area contributed by atoms with Gasteiger partial charge in [-0.25, -0.2) is 22.0 Å². The molecule has 2 atom stereocenters. The number of ether oxygens (including phenoxy) is 1. The summed E-state index contributed by atoms with van der Waals surface area (Å²) < 4.78 is 67.5. The van der Waals surface area contributed by atoms with E-state index < -0.39 is 36.2 Å². The zero-order chi connectivity index (χ0) is 17.2. The first kappa shape index (κ1) is 21.5. The number of hydrogen-bond donors (Lipinski definition) is 0. The zero-order valence-electron chi connectivity index (χ0n) is 12.8. The predicted octanol–water partition coefficient (Wildman–Crippen LogP) is 4.86. The van der Waals surface area contributed by atoms with Gasteiger partial charge in [0.25, 0.3) is 12.3 Å². The second-order valence-corrected chi connectivity index (χ2v) is 6.29.